The number of carbonyl (C=O) groups is 2. The smallest absolute Gasteiger partial charge is 0.243 e. The second-order valence-electron chi connectivity index (χ2n) is 8.89. The number of imidazole rings is 1. The van der Waals surface area contributed by atoms with Crippen molar-refractivity contribution in [3.63, 3.8) is 0 Å². The standard InChI is InChI=1S/C24H33N5O2/c30-23(19-9-5-2-6-10-19)28-22(13-21-14-25-17-26-21)24(31)27-20-11-12-29(16-20)15-18-7-3-1-4-8-18/h1,3-4,7-8,14,17,19-20,22H,2,5-6,9-13,15-16H2,(H,25,26)(H,27,31)(H,28,30)/t20-,22+/m1/s1. The molecular formula is C24H33N5O2. The molecule has 1 aliphatic heterocycles. The van der Waals surface area contributed by atoms with E-state index in [4.69, 9.17) is 0 Å². The highest BCUT2D eigenvalue weighted by molar-refractivity contribution is 5.88. The SMILES string of the molecule is O=C(N[C@@H](Cc1cnc[nH]1)C(=O)N[C@@H]1CCN(Cc2ccccc2)C1)C1CCCCC1. The van der Waals surface area contributed by atoms with Gasteiger partial charge >= 0.3 is 0 Å². The third-order valence-electron chi connectivity index (χ3n) is 6.46. The second-order valence-corrected chi connectivity index (χ2v) is 8.89. The zero-order chi connectivity index (χ0) is 21.5. The monoisotopic (exact) mass is 423 g/mol. The molecule has 2 heterocycles. The van der Waals surface area contributed by atoms with Crippen LogP contribution in [0.3, 0.4) is 0 Å². The Bertz CT molecular complexity index is 833. The predicted molar refractivity (Wildman–Crippen MR) is 119 cm³/mol. The number of likely N-dealkylation sites (tertiary alicyclic amines) is 1. The Hall–Kier alpha value is -2.67. The van der Waals surface area contributed by atoms with Crippen molar-refractivity contribution in [2.24, 2.45) is 5.92 Å². The molecule has 2 amide bonds. The molecule has 7 nitrogen and oxygen atoms in total. The Balaban J connectivity index is 1.33. The van der Waals surface area contributed by atoms with Crippen molar-refractivity contribution in [2.45, 2.75) is 63.6 Å². The number of amides is 2. The first-order valence-electron chi connectivity index (χ1n) is 11.5. The van der Waals surface area contributed by atoms with Crippen LogP contribution in [-0.2, 0) is 22.6 Å². The van der Waals surface area contributed by atoms with Crippen molar-refractivity contribution >= 4 is 11.8 Å². The van der Waals surface area contributed by atoms with Crippen molar-refractivity contribution in [3.8, 4) is 0 Å². The number of nitrogens with one attached hydrogen (secondary N) is 3. The van der Waals surface area contributed by atoms with E-state index in [2.05, 4.69) is 49.8 Å². The summed E-state index contributed by atoms with van der Waals surface area (Å²) < 4.78 is 0. The first kappa shape index (κ1) is 21.6. The van der Waals surface area contributed by atoms with Crippen molar-refractivity contribution in [2.75, 3.05) is 13.1 Å². The lowest BCUT2D eigenvalue weighted by molar-refractivity contribution is -0.132. The van der Waals surface area contributed by atoms with E-state index in [-0.39, 0.29) is 23.8 Å². The van der Waals surface area contributed by atoms with Gasteiger partial charge in [0.25, 0.3) is 0 Å². The summed E-state index contributed by atoms with van der Waals surface area (Å²) in [5, 5.41) is 6.22. The molecule has 1 aromatic carbocycles. The second kappa shape index (κ2) is 10.6. The third kappa shape index (κ3) is 6.17. The maximum absolute atomic E-state index is 13.1. The van der Waals surface area contributed by atoms with Crippen LogP contribution in [0.2, 0.25) is 0 Å². The van der Waals surface area contributed by atoms with Gasteiger partial charge in [-0.3, -0.25) is 14.5 Å². The summed E-state index contributed by atoms with van der Waals surface area (Å²) >= 11 is 0. The maximum Gasteiger partial charge on any atom is 0.243 e. The number of H-pyrrole nitrogens is 1. The minimum absolute atomic E-state index is 0.0106. The largest absolute Gasteiger partial charge is 0.350 e. The van der Waals surface area contributed by atoms with Crippen molar-refractivity contribution < 1.29 is 9.59 Å². The fourth-order valence-electron chi connectivity index (χ4n) is 4.72. The Kier molecular flexibility index (Phi) is 7.35. The van der Waals surface area contributed by atoms with E-state index in [1.807, 2.05) is 6.07 Å². The molecule has 2 fully saturated rings. The average molecular weight is 424 g/mol. The summed E-state index contributed by atoms with van der Waals surface area (Å²) in [5.41, 5.74) is 2.13. The molecule has 3 N–H and O–H groups in total. The highest BCUT2D eigenvalue weighted by Crippen LogP contribution is 2.24. The molecule has 0 spiro atoms. The third-order valence-corrected chi connectivity index (χ3v) is 6.46. The Labute approximate surface area is 184 Å². The van der Waals surface area contributed by atoms with Gasteiger partial charge in [0.2, 0.25) is 11.8 Å². The fourth-order valence-corrected chi connectivity index (χ4v) is 4.72. The molecular weight excluding hydrogens is 390 g/mol. The highest BCUT2D eigenvalue weighted by atomic mass is 16.2. The van der Waals surface area contributed by atoms with Crippen LogP contribution >= 0.6 is 0 Å². The van der Waals surface area contributed by atoms with Crippen LogP contribution in [0.5, 0.6) is 0 Å². The van der Waals surface area contributed by atoms with Gasteiger partial charge in [-0.15, -0.1) is 0 Å². The molecule has 1 aromatic heterocycles. The summed E-state index contributed by atoms with van der Waals surface area (Å²) in [6, 6.07) is 9.92. The lowest BCUT2D eigenvalue weighted by atomic mass is 9.88. The van der Waals surface area contributed by atoms with Gasteiger partial charge in [0.05, 0.1) is 6.33 Å². The molecule has 1 aliphatic carbocycles. The molecule has 0 unspecified atom stereocenters. The first-order chi connectivity index (χ1) is 15.2. The van der Waals surface area contributed by atoms with Crippen LogP contribution in [0.1, 0.15) is 49.8 Å². The van der Waals surface area contributed by atoms with Crippen LogP contribution in [0, 0.1) is 5.92 Å². The van der Waals surface area contributed by atoms with E-state index in [9.17, 15) is 9.59 Å². The van der Waals surface area contributed by atoms with Crippen molar-refractivity contribution in [1.29, 1.82) is 0 Å². The van der Waals surface area contributed by atoms with Gasteiger partial charge in [-0.25, -0.2) is 4.98 Å². The zero-order valence-electron chi connectivity index (χ0n) is 18.1. The van der Waals surface area contributed by atoms with Gasteiger partial charge in [0, 0.05) is 49.9 Å². The molecule has 7 heteroatoms. The summed E-state index contributed by atoms with van der Waals surface area (Å²) in [6.07, 6.45) is 9.88. The van der Waals surface area contributed by atoms with Crippen LogP contribution in [0.4, 0.5) is 0 Å². The van der Waals surface area contributed by atoms with E-state index in [0.29, 0.717) is 6.42 Å². The van der Waals surface area contributed by atoms with Gasteiger partial charge in [0.1, 0.15) is 6.04 Å². The summed E-state index contributed by atoms with van der Waals surface area (Å²) in [7, 11) is 0. The van der Waals surface area contributed by atoms with Crippen LogP contribution in [-0.4, -0.2) is 51.9 Å². The molecule has 2 atom stereocenters. The molecule has 0 radical (unpaired) electrons. The molecule has 1 saturated carbocycles. The number of carbonyl (C=O) groups excluding carboxylic acids is 2. The average Bonchev–Trinajstić information content (AvgIpc) is 3.47. The van der Waals surface area contributed by atoms with Crippen molar-refractivity contribution in [1.82, 2.24) is 25.5 Å². The number of nitrogens with zero attached hydrogens (tertiary/aromatic N) is 2. The zero-order valence-corrected chi connectivity index (χ0v) is 18.1. The van der Waals surface area contributed by atoms with Crippen LogP contribution < -0.4 is 10.6 Å². The quantitative estimate of drug-likeness (QED) is 0.608. The molecule has 1 saturated heterocycles. The number of hydrogen-bond donors (Lipinski definition) is 3. The fraction of sp³-hybridized carbons (Fsp3) is 0.542. The minimum atomic E-state index is -0.585. The Morgan fingerprint density at radius 1 is 1.13 bits per heavy atom. The lowest BCUT2D eigenvalue weighted by Crippen LogP contribution is -2.52. The van der Waals surface area contributed by atoms with Gasteiger partial charge in [-0.05, 0) is 24.8 Å². The number of aromatic amines is 1. The molecule has 2 aromatic rings. The van der Waals surface area contributed by atoms with Gasteiger partial charge in [-0.1, -0.05) is 49.6 Å². The maximum atomic E-state index is 13.1. The van der Waals surface area contributed by atoms with E-state index < -0.39 is 6.04 Å². The van der Waals surface area contributed by atoms with E-state index in [1.54, 1.807) is 12.5 Å². The summed E-state index contributed by atoms with van der Waals surface area (Å²) in [5.74, 6) is -0.0690. The van der Waals surface area contributed by atoms with Crippen LogP contribution in [0.25, 0.3) is 0 Å². The summed E-state index contributed by atoms with van der Waals surface area (Å²) in [6.45, 7) is 2.68. The highest BCUT2D eigenvalue weighted by Gasteiger charge is 2.30. The molecule has 31 heavy (non-hydrogen) atoms. The van der Waals surface area contributed by atoms with E-state index >= 15 is 0 Å². The molecule has 166 valence electrons. The van der Waals surface area contributed by atoms with Gasteiger partial charge < -0.3 is 15.6 Å². The summed E-state index contributed by atoms with van der Waals surface area (Å²) in [4.78, 5) is 35.4. The lowest BCUT2D eigenvalue weighted by Gasteiger charge is -2.25. The van der Waals surface area contributed by atoms with E-state index in [0.717, 1.165) is 57.4 Å². The molecule has 2 aliphatic rings. The number of benzene rings is 1. The van der Waals surface area contributed by atoms with Gasteiger partial charge in [0.15, 0.2) is 0 Å². The van der Waals surface area contributed by atoms with E-state index in [1.165, 1.54) is 12.0 Å². The Morgan fingerprint density at radius 3 is 2.68 bits per heavy atom. The first-order valence-corrected chi connectivity index (χ1v) is 11.5. The van der Waals surface area contributed by atoms with Gasteiger partial charge in [-0.2, -0.15) is 0 Å². The topological polar surface area (TPSA) is 90.1 Å². The van der Waals surface area contributed by atoms with Crippen LogP contribution in [0.15, 0.2) is 42.9 Å². The number of rotatable bonds is 8. The number of aromatic nitrogens is 2. The normalized spacial score (nSPS) is 21.0. The minimum Gasteiger partial charge on any atom is -0.350 e. The Morgan fingerprint density at radius 2 is 1.94 bits per heavy atom. The molecule has 0 bridgehead atoms. The number of hydrogen-bond acceptors (Lipinski definition) is 4. The van der Waals surface area contributed by atoms with Crippen molar-refractivity contribution in [3.05, 3.63) is 54.1 Å². The molecule has 4 rings (SSSR count). The predicted octanol–water partition coefficient (Wildman–Crippen LogP) is 2.41.